The molecule has 0 unspecified atom stereocenters. The average Bonchev–Trinajstić information content (AvgIpc) is 2.25. The fraction of sp³-hybridized carbons (Fsp3) is 0.444. The van der Waals surface area contributed by atoms with Gasteiger partial charge in [0.25, 0.3) is 0 Å². The molecule has 1 aromatic heterocycles. The molecule has 0 bridgehead atoms. The molecule has 2 N–H and O–H groups in total. The second kappa shape index (κ2) is 6.26. The zero-order valence-corrected chi connectivity index (χ0v) is 9.29. The predicted molar refractivity (Wildman–Crippen MR) is 59.9 cm³/mol. The molecule has 0 saturated heterocycles. The van der Waals surface area contributed by atoms with E-state index in [-0.39, 0.29) is 4.99 Å². The normalized spacial score (nSPS) is 9.93. The first-order chi connectivity index (χ1) is 7.25. The molecule has 0 aliphatic rings. The van der Waals surface area contributed by atoms with E-state index in [0.717, 1.165) is 0 Å². The highest BCUT2D eigenvalue weighted by Crippen LogP contribution is 2.12. The second-order valence-corrected chi connectivity index (χ2v) is 3.10. The topological polar surface area (TPSA) is 70.3 Å². The van der Waals surface area contributed by atoms with Crippen LogP contribution in [0.25, 0.3) is 0 Å². The van der Waals surface area contributed by atoms with Crippen molar-refractivity contribution in [1.29, 1.82) is 0 Å². The van der Waals surface area contributed by atoms with Gasteiger partial charge in [0.15, 0.2) is 0 Å². The van der Waals surface area contributed by atoms with E-state index < -0.39 is 0 Å². The summed E-state index contributed by atoms with van der Waals surface area (Å²) in [7, 11) is 0. The van der Waals surface area contributed by atoms with Crippen LogP contribution in [-0.4, -0.2) is 35.0 Å². The molecule has 82 valence electrons. The molecule has 0 aliphatic carbocycles. The smallest absolute Gasteiger partial charge is 0.243 e. The molecule has 15 heavy (non-hydrogen) atoms. The lowest BCUT2D eigenvalue weighted by Gasteiger charge is -2.07. The highest BCUT2D eigenvalue weighted by Gasteiger charge is 2.07. The molecule has 1 heterocycles. The van der Waals surface area contributed by atoms with Crippen molar-refractivity contribution in [2.45, 2.75) is 6.92 Å². The van der Waals surface area contributed by atoms with E-state index in [4.69, 9.17) is 27.4 Å². The molecule has 6 heteroatoms. The molecule has 0 aliphatic heterocycles. The van der Waals surface area contributed by atoms with Crippen molar-refractivity contribution in [3.8, 4) is 5.88 Å². The van der Waals surface area contributed by atoms with Crippen LogP contribution in [0.4, 0.5) is 0 Å². The van der Waals surface area contributed by atoms with Crippen LogP contribution in [0, 0.1) is 0 Å². The third kappa shape index (κ3) is 3.77. The summed E-state index contributed by atoms with van der Waals surface area (Å²) in [5.74, 6) is 0.352. The van der Waals surface area contributed by atoms with Crippen LogP contribution in [0.1, 0.15) is 12.5 Å². The van der Waals surface area contributed by atoms with Crippen molar-refractivity contribution in [3.63, 3.8) is 0 Å². The first-order valence-corrected chi connectivity index (χ1v) is 4.98. The summed E-state index contributed by atoms with van der Waals surface area (Å²) in [6, 6.07) is 1.67. The van der Waals surface area contributed by atoms with Gasteiger partial charge in [-0.1, -0.05) is 12.2 Å². The molecule has 0 radical (unpaired) electrons. The largest absolute Gasteiger partial charge is 0.474 e. The Hall–Kier alpha value is -1.27. The quantitative estimate of drug-likeness (QED) is 0.564. The van der Waals surface area contributed by atoms with Gasteiger partial charge in [-0.2, -0.15) is 5.10 Å². The van der Waals surface area contributed by atoms with Gasteiger partial charge in [0.2, 0.25) is 5.88 Å². The number of rotatable bonds is 6. The molecule has 5 nitrogen and oxygen atoms in total. The second-order valence-electron chi connectivity index (χ2n) is 2.66. The van der Waals surface area contributed by atoms with Crippen LogP contribution in [0.15, 0.2) is 12.3 Å². The van der Waals surface area contributed by atoms with Crippen molar-refractivity contribution in [1.82, 2.24) is 10.2 Å². The van der Waals surface area contributed by atoms with Gasteiger partial charge in [-0.3, -0.25) is 0 Å². The highest BCUT2D eigenvalue weighted by atomic mass is 32.1. The standard InChI is InChI=1S/C9H13N3O2S/c1-2-13-5-6-14-9-7(8(10)15)3-4-11-12-9/h3-4H,2,5-6H2,1H3,(H2,10,15). The van der Waals surface area contributed by atoms with Crippen molar-refractivity contribution in [2.75, 3.05) is 19.8 Å². The van der Waals surface area contributed by atoms with Crippen LogP contribution in [0.2, 0.25) is 0 Å². The number of nitrogens with two attached hydrogens (primary N) is 1. The van der Waals surface area contributed by atoms with Crippen LogP contribution < -0.4 is 10.5 Å². The van der Waals surface area contributed by atoms with E-state index in [9.17, 15) is 0 Å². The minimum atomic E-state index is 0.247. The highest BCUT2D eigenvalue weighted by molar-refractivity contribution is 7.80. The number of nitrogens with zero attached hydrogens (tertiary/aromatic N) is 2. The Labute approximate surface area is 93.6 Å². The van der Waals surface area contributed by atoms with E-state index in [1.54, 1.807) is 6.07 Å². The molecule has 0 saturated carbocycles. The van der Waals surface area contributed by atoms with E-state index in [2.05, 4.69) is 10.2 Å². The first kappa shape index (κ1) is 11.8. The van der Waals surface area contributed by atoms with Crippen LogP contribution in [0.5, 0.6) is 5.88 Å². The monoisotopic (exact) mass is 227 g/mol. The predicted octanol–water partition coefficient (Wildman–Crippen LogP) is 0.526. The number of thiocarbonyl (C=S) groups is 1. The van der Waals surface area contributed by atoms with Crippen LogP contribution in [-0.2, 0) is 4.74 Å². The minimum Gasteiger partial charge on any atom is -0.474 e. The fourth-order valence-corrected chi connectivity index (χ4v) is 1.11. The number of hydrogen-bond donors (Lipinski definition) is 1. The van der Waals surface area contributed by atoms with Crippen molar-refractivity contribution in [3.05, 3.63) is 17.8 Å². The lowest BCUT2D eigenvalue weighted by atomic mass is 10.3. The van der Waals surface area contributed by atoms with Gasteiger partial charge in [0.05, 0.1) is 18.4 Å². The molecule has 0 aromatic carbocycles. The summed E-state index contributed by atoms with van der Waals surface area (Å²) in [6.07, 6.45) is 1.52. The molecule has 0 spiro atoms. The molecular formula is C9H13N3O2S. The molecule has 1 aromatic rings. The summed E-state index contributed by atoms with van der Waals surface area (Å²) in [5.41, 5.74) is 6.09. The van der Waals surface area contributed by atoms with Gasteiger partial charge in [0, 0.05) is 6.61 Å². The molecule has 0 amide bonds. The Morgan fingerprint density at radius 2 is 2.33 bits per heavy atom. The first-order valence-electron chi connectivity index (χ1n) is 4.57. The summed E-state index contributed by atoms with van der Waals surface area (Å²) < 4.78 is 10.5. The Bertz CT molecular complexity index is 333. The number of aromatic nitrogens is 2. The SMILES string of the molecule is CCOCCOc1nnccc1C(N)=S. The molecular weight excluding hydrogens is 214 g/mol. The van der Waals surface area contributed by atoms with Gasteiger partial charge < -0.3 is 15.2 Å². The number of ether oxygens (including phenoxy) is 2. The lowest BCUT2D eigenvalue weighted by Crippen LogP contribution is -2.15. The van der Waals surface area contributed by atoms with E-state index in [0.29, 0.717) is 31.3 Å². The van der Waals surface area contributed by atoms with Crippen molar-refractivity contribution >= 4 is 17.2 Å². The summed E-state index contributed by atoms with van der Waals surface area (Å²) >= 11 is 4.85. The van der Waals surface area contributed by atoms with Crippen LogP contribution in [0.3, 0.4) is 0 Å². The Morgan fingerprint density at radius 3 is 3.00 bits per heavy atom. The van der Waals surface area contributed by atoms with Gasteiger partial charge in [-0.05, 0) is 13.0 Å². The fourth-order valence-electron chi connectivity index (χ4n) is 0.955. The maximum absolute atomic E-state index is 5.50. The van der Waals surface area contributed by atoms with E-state index in [1.165, 1.54) is 6.20 Å². The Balaban J connectivity index is 2.56. The molecule has 0 atom stereocenters. The third-order valence-corrected chi connectivity index (χ3v) is 1.84. The van der Waals surface area contributed by atoms with E-state index >= 15 is 0 Å². The summed E-state index contributed by atoms with van der Waals surface area (Å²) in [5, 5.41) is 7.50. The van der Waals surface area contributed by atoms with Gasteiger partial charge in [-0.25, -0.2) is 0 Å². The Kier molecular flexibility index (Phi) is 4.92. The molecule has 1 rings (SSSR count). The average molecular weight is 227 g/mol. The lowest BCUT2D eigenvalue weighted by molar-refractivity contribution is 0.108. The zero-order valence-electron chi connectivity index (χ0n) is 8.47. The van der Waals surface area contributed by atoms with Gasteiger partial charge >= 0.3 is 0 Å². The molecule has 0 fully saturated rings. The summed E-state index contributed by atoms with van der Waals surface area (Å²) in [6.45, 7) is 3.49. The van der Waals surface area contributed by atoms with Crippen LogP contribution >= 0.6 is 12.2 Å². The maximum Gasteiger partial charge on any atom is 0.243 e. The zero-order chi connectivity index (χ0) is 11.1. The van der Waals surface area contributed by atoms with Gasteiger partial charge in [0.1, 0.15) is 11.6 Å². The van der Waals surface area contributed by atoms with E-state index in [1.807, 2.05) is 6.92 Å². The summed E-state index contributed by atoms with van der Waals surface area (Å²) in [4.78, 5) is 0.247. The van der Waals surface area contributed by atoms with Gasteiger partial charge in [-0.15, -0.1) is 5.10 Å². The van der Waals surface area contributed by atoms with Crippen molar-refractivity contribution in [2.24, 2.45) is 5.73 Å². The maximum atomic E-state index is 5.50. The Morgan fingerprint density at radius 1 is 1.53 bits per heavy atom. The third-order valence-electron chi connectivity index (χ3n) is 1.62. The minimum absolute atomic E-state index is 0.247. The van der Waals surface area contributed by atoms with Crippen molar-refractivity contribution < 1.29 is 9.47 Å². The number of hydrogen-bond acceptors (Lipinski definition) is 5.